The maximum absolute atomic E-state index is 12.1. The van der Waals surface area contributed by atoms with Crippen LogP contribution in [-0.4, -0.2) is 23.5 Å². The molecular formula is C14H23NO3. The van der Waals surface area contributed by atoms with Crippen molar-refractivity contribution in [3.05, 3.63) is 0 Å². The standard InChI is InChI=1S/C14H23NO3/c1-2-6-14(7-8-14)9-15-12(16)10-4-3-5-11(10)13(17)18/h10-11H,2-9H2,1H3,(H,15,16)(H,17,18)/t10-,11+/m1/s1. The van der Waals surface area contributed by atoms with E-state index in [-0.39, 0.29) is 11.8 Å². The van der Waals surface area contributed by atoms with Gasteiger partial charge in [-0.2, -0.15) is 0 Å². The summed E-state index contributed by atoms with van der Waals surface area (Å²) in [5, 5.41) is 12.1. The molecule has 2 aliphatic rings. The molecule has 2 saturated carbocycles. The van der Waals surface area contributed by atoms with Gasteiger partial charge in [0, 0.05) is 6.54 Å². The average molecular weight is 253 g/mol. The van der Waals surface area contributed by atoms with Crippen LogP contribution in [0.4, 0.5) is 0 Å². The van der Waals surface area contributed by atoms with Gasteiger partial charge in [-0.3, -0.25) is 9.59 Å². The minimum atomic E-state index is -0.817. The van der Waals surface area contributed by atoms with E-state index in [0.717, 1.165) is 25.8 Å². The lowest BCUT2D eigenvalue weighted by Crippen LogP contribution is -2.38. The van der Waals surface area contributed by atoms with Gasteiger partial charge in [0.15, 0.2) is 0 Å². The van der Waals surface area contributed by atoms with Gasteiger partial charge >= 0.3 is 5.97 Å². The van der Waals surface area contributed by atoms with Gasteiger partial charge in [-0.05, 0) is 37.5 Å². The quantitative estimate of drug-likeness (QED) is 0.762. The lowest BCUT2D eigenvalue weighted by atomic mass is 9.94. The Hall–Kier alpha value is -1.06. The molecule has 0 spiro atoms. The third-order valence-electron chi connectivity index (χ3n) is 4.54. The summed E-state index contributed by atoms with van der Waals surface area (Å²) in [7, 11) is 0. The maximum Gasteiger partial charge on any atom is 0.307 e. The maximum atomic E-state index is 12.1. The highest BCUT2D eigenvalue weighted by molar-refractivity contribution is 5.85. The minimum Gasteiger partial charge on any atom is -0.481 e. The van der Waals surface area contributed by atoms with Gasteiger partial charge in [-0.1, -0.05) is 19.8 Å². The highest BCUT2D eigenvalue weighted by atomic mass is 16.4. The molecule has 2 N–H and O–H groups in total. The number of hydrogen-bond donors (Lipinski definition) is 2. The molecule has 4 heteroatoms. The molecule has 0 aromatic heterocycles. The summed E-state index contributed by atoms with van der Waals surface area (Å²) in [6, 6.07) is 0. The van der Waals surface area contributed by atoms with Gasteiger partial charge < -0.3 is 10.4 Å². The topological polar surface area (TPSA) is 66.4 Å². The second-order valence-corrected chi connectivity index (χ2v) is 5.95. The molecule has 1 amide bonds. The van der Waals surface area contributed by atoms with Crippen molar-refractivity contribution >= 4 is 11.9 Å². The Bertz CT molecular complexity index is 336. The first-order valence-corrected chi connectivity index (χ1v) is 7.08. The number of carbonyl (C=O) groups is 2. The van der Waals surface area contributed by atoms with E-state index in [1.54, 1.807) is 0 Å². The highest BCUT2D eigenvalue weighted by Gasteiger charge is 2.43. The molecule has 2 aliphatic carbocycles. The van der Waals surface area contributed by atoms with Gasteiger partial charge in [-0.15, -0.1) is 0 Å². The van der Waals surface area contributed by atoms with Crippen LogP contribution in [0, 0.1) is 17.3 Å². The fraction of sp³-hybridized carbons (Fsp3) is 0.857. The lowest BCUT2D eigenvalue weighted by Gasteiger charge is -2.19. The van der Waals surface area contributed by atoms with Crippen LogP contribution < -0.4 is 5.32 Å². The van der Waals surface area contributed by atoms with Crippen molar-refractivity contribution < 1.29 is 14.7 Å². The van der Waals surface area contributed by atoms with E-state index in [1.807, 2.05) is 0 Å². The predicted octanol–water partition coefficient (Wildman–Crippen LogP) is 2.18. The second-order valence-electron chi connectivity index (χ2n) is 5.95. The number of carbonyl (C=O) groups excluding carboxylic acids is 1. The Labute approximate surface area is 108 Å². The van der Waals surface area contributed by atoms with Crippen LogP contribution in [0.1, 0.15) is 51.9 Å². The van der Waals surface area contributed by atoms with Crippen molar-refractivity contribution in [2.24, 2.45) is 17.3 Å². The summed E-state index contributed by atoms with van der Waals surface area (Å²) in [4.78, 5) is 23.1. The van der Waals surface area contributed by atoms with E-state index in [2.05, 4.69) is 12.2 Å². The van der Waals surface area contributed by atoms with Gasteiger partial charge in [0.25, 0.3) is 0 Å². The third kappa shape index (κ3) is 2.85. The summed E-state index contributed by atoms with van der Waals surface area (Å²) in [5.74, 6) is -1.63. The van der Waals surface area contributed by atoms with Crippen LogP contribution in [0.3, 0.4) is 0 Å². The zero-order valence-corrected chi connectivity index (χ0v) is 11.1. The Morgan fingerprint density at radius 3 is 2.50 bits per heavy atom. The number of carboxylic acids is 1. The normalized spacial score (nSPS) is 28.9. The Morgan fingerprint density at radius 2 is 1.94 bits per heavy atom. The molecule has 4 nitrogen and oxygen atoms in total. The van der Waals surface area contributed by atoms with Crippen LogP contribution in [0.2, 0.25) is 0 Å². The molecule has 0 aromatic carbocycles. The van der Waals surface area contributed by atoms with E-state index < -0.39 is 11.9 Å². The number of nitrogens with one attached hydrogen (secondary N) is 1. The fourth-order valence-corrected chi connectivity index (χ4v) is 3.20. The Kier molecular flexibility index (Phi) is 3.93. The van der Waals surface area contributed by atoms with Crippen LogP contribution in [-0.2, 0) is 9.59 Å². The van der Waals surface area contributed by atoms with E-state index in [4.69, 9.17) is 5.11 Å². The van der Waals surface area contributed by atoms with E-state index in [0.29, 0.717) is 11.8 Å². The van der Waals surface area contributed by atoms with E-state index in [9.17, 15) is 9.59 Å². The molecule has 2 rings (SSSR count). The summed E-state index contributed by atoms with van der Waals surface area (Å²) >= 11 is 0. The summed E-state index contributed by atoms with van der Waals surface area (Å²) in [6.07, 6.45) is 6.95. The first-order valence-electron chi connectivity index (χ1n) is 7.08. The molecule has 18 heavy (non-hydrogen) atoms. The van der Waals surface area contributed by atoms with Gasteiger partial charge in [0.1, 0.15) is 0 Å². The molecule has 0 radical (unpaired) electrons. The molecule has 0 heterocycles. The number of rotatable bonds is 6. The third-order valence-corrected chi connectivity index (χ3v) is 4.54. The zero-order chi connectivity index (χ0) is 13.2. The van der Waals surface area contributed by atoms with Crippen LogP contribution in [0.15, 0.2) is 0 Å². The molecule has 2 atom stereocenters. The van der Waals surface area contributed by atoms with Crippen molar-refractivity contribution in [1.82, 2.24) is 5.32 Å². The molecule has 0 bridgehead atoms. The lowest BCUT2D eigenvalue weighted by molar-refractivity contribution is -0.146. The van der Waals surface area contributed by atoms with Gasteiger partial charge in [0.2, 0.25) is 5.91 Å². The summed E-state index contributed by atoms with van der Waals surface area (Å²) < 4.78 is 0. The largest absolute Gasteiger partial charge is 0.481 e. The van der Waals surface area contributed by atoms with Crippen molar-refractivity contribution in [2.45, 2.75) is 51.9 Å². The first kappa shape index (κ1) is 13.4. The van der Waals surface area contributed by atoms with Gasteiger partial charge in [-0.25, -0.2) is 0 Å². The number of hydrogen-bond acceptors (Lipinski definition) is 2. The molecule has 102 valence electrons. The molecule has 0 unspecified atom stereocenters. The van der Waals surface area contributed by atoms with Crippen LogP contribution >= 0.6 is 0 Å². The van der Waals surface area contributed by atoms with Crippen LogP contribution in [0.5, 0.6) is 0 Å². The van der Waals surface area contributed by atoms with Crippen molar-refractivity contribution in [1.29, 1.82) is 0 Å². The molecule has 2 fully saturated rings. The van der Waals surface area contributed by atoms with Crippen molar-refractivity contribution in [3.8, 4) is 0 Å². The van der Waals surface area contributed by atoms with E-state index in [1.165, 1.54) is 19.3 Å². The number of amides is 1. The summed E-state index contributed by atoms with van der Waals surface area (Å²) in [6.45, 7) is 2.90. The van der Waals surface area contributed by atoms with E-state index >= 15 is 0 Å². The zero-order valence-electron chi connectivity index (χ0n) is 11.1. The molecule has 0 saturated heterocycles. The predicted molar refractivity (Wildman–Crippen MR) is 68.1 cm³/mol. The molecular weight excluding hydrogens is 230 g/mol. The summed E-state index contributed by atoms with van der Waals surface area (Å²) in [5.41, 5.74) is 0.335. The van der Waals surface area contributed by atoms with Crippen molar-refractivity contribution in [3.63, 3.8) is 0 Å². The molecule has 0 aliphatic heterocycles. The Balaban J connectivity index is 1.83. The van der Waals surface area contributed by atoms with Gasteiger partial charge in [0.05, 0.1) is 11.8 Å². The fourth-order valence-electron chi connectivity index (χ4n) is 3.20. The highest BCUT2D eigenvalue weighted by Crippen LogP contribution is 2.49. The SMILES string of the molecule is CCCC1(CNC(=O)[C@@H]2CCC[C@@H]2C(=O)O)CC1. The smallest absolute Gasteiger partial charge is 0.307 e. The minimum absolute atomic E-state index is 0.0396. The van der Waals surface area contributed by atoms with Crippen LogP contribution in [0.25, 0.3) is 0 Å². The number of carboxylic acid groups (broad SMARTS) is 1. The monoisotopic (exact) mass is 253 g/mol. The first-order chi connectivity index (χ1) is 8.58. The average Bonchev–Trinajstić information content (AvgIpc) is 2.92. The second kappa shape index (κ2) is 5.29. The molecule has 0 aromatic rings. The Morgan fingerprint density at radius 1 is 1.28 bits per heavy atom. The van der Waals surface area contributed by atoms with Crippen molar-refractivity contribution in [2.75, 3.05) is 6.54 Å². The number of aliphatic carboxylic acids is 1.